The van der Waals surface area contributed by atoms with Gasteiger partial charge in [-0.25, -0.2) is 0 Å². The fourth-order valence-electron chi connectivity index (χ4n) is 10.9. The first-order chi connectivity index (χ1) is 19.7. The van der Waals surface area contributed by atoms with Crippen LogP contribution in [0.4, 0.5) is 0 Å². The van der Waals surface area contributed by atoms with Gasteiger partial charge >= 0.3 is 0 Å². The summed E-state index contributed by atoms with van der Waals surface area (Å²) in [5, 5.41) is 16.8. The van der Waals surface area contributed by atoms with Crippen molar-refractivity contribution in [2.45, 2.75) is 110 Å². The molecule has 1 aromatic rings. The van der Waals surface area contributed by atoms with Crippen molar-refractivity contribution in [3.8, 4) is 0 Å². The maximum absolute atomic E-state index is 12.4. The van der Waals surface area contributed by atoms with E-state index in [0.717, 1.165) is 57.0 Å². The molecule has 9 nitrogen and oxygen atoms in total. The van der Waals surface area contributed by atoms with Crippen LogP contribution in [-0.4, -0.2) is 74.6 Å². The summed E-state index contributed by atoms with van der Waals surface area (Å²) < 4.78 is 7.27. The number of ether oxygens (including phenoxy) is 1. The van der Waals surface area contributed by atoms with E-state index in [4.69, 9.17) is 4.74 Å². The molecule has 5 fully saturated rings. The van der Waals surface area contributed by atoms with Crippen molar-refractivity contribution in [3.63, 3.8) is 0 Å². The van der Waals surface area contributed by atoms with Gasteiger partial charge in [-0.2, -0.15) is 5.21 Å². The van der Waals surface area contributed by atoms with E-state index in [-0.39, 0.29) is 24.0 Å². The normalized spacial score (nSPS) is 44.0. The van der Waals surface area contributed by atoms with E-state index in [2.05, 4.69) is 58.5 Å². The van der Waals surface area contributed by atoms with Crippen LogP contribution in [0.25, 0.3) is 0 Å². The van der Waals surface area contributed by atoms with Crippen molar-refractivity contribution in [2.75, 3.05) is 19.6 Å². The van der Waals surface area contributed by atoms with Crippen molar-refractivity contribution < 1.29 is 14.3 Å². The van der Waals surface area contributed by atoms with Gasteiger partial charge < -0.3 is 10.1 Å². The predicted molar refractivity (Wildman–Crippen MR) is 154 cm³/mol. The number of nitrogens with one attached hydrogen (secondary N) is 2. The number of allylic oxidation sites excluding steroid dienone is 1. The predicted octanol–water partition coefficient (Wildman–Crippen LogP) is 3.87. The Morgan fingerprint density at radius 2 is 2.05 bits per heavy atom. The molecule has 6 aliphatic rings. The summed E-state index contributed by atoms with van der Waals surface area (Å²) in [7, 11) is 0. The highest BCUT2D eigenvalue weighted by Crippen LogP contribution is 2.66. The van der Waals surface area contributed by atoms with Crippen molar-refractivity contribution in [1.29, 1.82) is 0 Å². The fourth-order valence-corrected chi connectivity index (χ4v) is 10.9. The van der Waals surface area contributed by atoms with E-state index in [9.17, 15) is 9.59 Å². The average Bonchev–Trinajstić information content (AvgIpc) is 3.65. The number of rotatable bonds is 5. The monoisotopic (exact) mass is 564 g/mol. The summed E-state index contributed by atoms with van der Waals surface area (Å²) in [4.78, 5) is 27.4. The summed E-state index contributed by atoms with van der Waals surface area (Å²) in [6, 6.07) is 0.377. The quantitative estimate of drug-likeness (QED) is 0.522. The molecule has 2 N–H and O–H groups in total. The summed E-state index contributed by atoms with van der Waals surface area (Å²) >= 11 is 0. The van der Waals surface area contributed by atoms with Gasteiger partial charge in [-0.15, -0.1) is 10.2 Å². The number of hydrogen-bond donors (Lipinski definition) is 2. The number of amides is 1. The Labute approximate surface area is 244 Å². The van der Waals surface area contributed by atoms with Gasteiger partial charge in [0, 0.05) is 44.4 Å². The largest absolute Gasteiger partial charge is 0.365 e. The third kappa shape index (κ3) is 4.43. The van der Waals surface area contributed by atoms with E-state index < -0.39 is 0 Å². The standard InChI is InChI=1S/C32H48N6O3/c1-18-13-27-30(38(17-18)12-11-33-29(40)16-28-34-36-37-35-28)20(3)32(41-27)10-8-23-24-6-5-21-14-22(39)7-9-31(21,4)26(24)15-25(23)19(32)2/h18,20-21,23-24,26-27,30H,5-17H2,1-4H3,(H,33,40)(H,34,35,36,37)/t18-,20+,21+,23-,24-,26-,27+,30-,31-,32-/m0/s1. The Kier molecular flexibility index (Phi) is 6.92. The number of Topliss-reactive ketones (excluding diaryl/α,β-unsaturated/α-hetero) is 1. The summed E-state index contributed by atoms with van der Waals surface area (Å²) in [6.07, 6.45) is 10.4. The van der Waals surface area contributed by atoms with Gasteiger partial charge in [0.25, 0.3) is 0 Å². The highest BCUT2D eigenvalue weighted by molar-refractivity contribution is 5.79. The number of carbonyl (C=O) groups excluding carboxylic acids is 2. The molecule has 1 amide bonds. The van der Waals surface area contributed by atoms with Crippen molar-refractivity contribution in [3.05, 3.63) is 17.0 Å². The average molecular weight is 565 g/mol. The molecular weight excluding hydrogens is 516 g/mol. The maximum atomic E-state index is 12.4. The molecule has 224 valence electrons. The smallest absolute Gasteiger partial charge is 0.227 e. The van der Waals surface area contributed by atoms with Crippen LogP contribution in [0.2, 0.25) is 0 Å². The molecule has 0 aromatic carbocycles. The lowest BCUT2D eigenvalue weighted by molar-refractivity contribution is -0.129. The zero-order valence-corrected chi connectivity index (χ0v) is 25.3. The molecule has 9 heteroatoms. The molecule has 7 rings (SSSR count). The molecule has 3 heterocycles. The SMILES string of the molecule is CC1=C2C[C@H]3[C@@H](CC[C@@H]4CC(=O)CC[C@@]43C)[C@@H]2CC[C@]12O[C@@H]1C[C@H](C)CN(CCNC(=O)Cc3nn[nH]n3)[C@H]1[C@H]2C. The Balaban J connectivity index is 1.08. The number of aromatic amines is 1. The molecule has 2 aliphatic heterocycles. The first kappa shape index (κ1) is 27.7. The number of nitrogens with zero attached hydrogens (tertiary/aromatic N) is 4. The van der Waals surface area contributed by atoms with Gasteiger partial charge in [-0.05, 0) is 92.4 Å². The number of aromatic nitrogens is 4. The highest BCUT2D eigenvalue weighted by Gasteiger charge is 2.62. The zero-order chi connectivity index (χ0) is 28.5. The second kappa shape index (κ2) is 10.2. The first-order valence-corrected chi connectivity index (χ1v) is 16.3. The van der Waals surface area contributed by atoms with Crippen LogP contribution in [0.15, 0.2) is 11.1 Å². The van der Waals surface area contributed by atoms with Crippen LogP contribution >= 0.6 is 0 Å². The Bertz CT molecular complexity index is 1220. The van der Waals surface area contributed by atoms with Crippen LogP contribution in [0.5, 0.6) is 0 Å². The molecule has 0 unspecified atom stereocenters. The van der Waals surface area contributed by atoms with Gasteiger partial charge in [0.2, 0.25) is 5.91 Å². The summed E-state index contributed by atoms with van der Waals surface area (Å²) in [6.45, 7) is 12.2. The number of ketones is 1. The van der Waals surface area contributed by atoms with Crippen LogP contribution in [-0.2, 0) is 20.7 Å². The third-order valence-corrected chi connectivity index (χ3v) is 12.9. The van der Waals surface area contributed by atoms with Crippen LogP contribution < -0.4 is 5.32 Å². The topological polar surface area (TPSA) is 113 Å². The fraction of sp³-hybridized carbons (Fsp3) is 0.844. The molecule has 0 radical (unpaired) electrons. The minimum Gasteiger partial charge on any atom is -0.365 e. The number of piperidine rings is 1. The van der Waals surface area contributed by atoms with E-state index in [1.807, 2.05) is 0 Å². The molecule has 2 saturated heterocycles. The molecule has 10 atom stereocenters. The van der Waals surface area contributed by atoms with Crippen LogP contribution in [0.3, 0.4) is 0 Å². The Morgan fingerprint density at radius 1 is 1.20 bits per heavy atom. The minimum absolute atomic E-state index is 0.0694. The number of H-pyrrole nitrogens is 1. The molecule has 1 aromatic heterocycles. The molecule has 4 aliphatic carbocycles. The van der Waals surface area contributed by atoms with Crippen LogP contribution in [0, 0.1) is 40.9 Å². The van der Waals surface area contributed by atoms with Crippen molar-refractivity contribution >= 4 is 11.7 Å². The minimum atomic E-state index is -0.165. The van der Waals surface area contributed by atoms with Crippen molar-refractivity contribution in [1.82, 2.24) is 30.8 Å². The number of fused-ring (bicyclic) bond motifs is 6. The second-order valence-corrected chi connectivity index (χ2v) is 14.8. The maximum Gasteiger partial charge on any atom is 0.227 e. The van der Waals surface area contributed by atoms with Gasteiger partial charge in [0.15, 0.2) is 5.82 Å². The number of tetrazole rings is 1. The van der Waals surface area contributed by atoms with Gasteiger partial charge in [0.1, 0.15) is 5.78 Å². The Hall–Kier alpha value is -2.13. The van der Waals surface area contributed by atoms with Gasteiger partial charge in [-0.3, -0.25) is 14.5 Å². The summed E-state index contributed by atoms with van der Waals surface area (Å²) in [5.41, 5.74) is 3.44. The molecular formula is C32H48N6O3. The zero-order valence-electron chi connectivity index (χ0n) is 25.3. The summed E-state index contributed by atoms with van der Waals surface area (Å²) in [5.74, 6) is 4.65. The van der Waals surface area contributed by atoms with E-state index in [1.165, 1.54) is 25.7 Å². The van der Waals surface area contributed by atoms with E-state index in [1.54, 1.807) is 11.1 Å². The first-order valence-electron chi connectivity index (χ1n) is 16.3. The number of hydrogen-bond acceptors (Lipinski definition) is 7. The molecule has 1 spiro atoms. The molecule has 0 bridgehead atoms. The Morgan fingerprint density at radius 3 is 2.85 bits per heavy atom. The van der Waals surface area contributed by atoms with E-state index in [0.29, 0.717) is 53.3 Å². The third-order valence-electron chi connectivity index (χ3n) is 12.9. The van der Waals surface area contributed by atoms with E-state index >= 15 is 0 Å². The highest BCUT2D eigenvalue weighted by atomic mass is 16.5. The number of carbonyl (C=O) groups is 2. The lowest BCUT2D eigenvalue weighted by atomic mass is 9.52. The molecule has 3 saturated carbocycles. The van der Waals surface area contributed by atoms with Gasteiger partial charge in [-0.1, -0.05) is 31.6 Å². The van der Waals surface area contributed by atoms with Crippen LogP contribution in [0.1, 0.15) is 91.3 Å². The molecule has 41 heavy (non-hydrogen) atoms. The lowest BCUT2D eigenvalue weighted by Crippen LogP contribution is -2.54. The lowest BCUT2D eigenvalue weighted by Gasteiger charge is -2.52. The van der Waals surface area contributed by atoms with Crippen molar-refractivity contribution in [2.24, 2.45) is 40.9 Å². The van der Waals surface area contributed by atoms with Gasteiger partial charge in [0.05, 0.1) is 18.1 Å². The number of likely N-dealkylation sites (tertiary alicyclic amines) is 1. The second-order valence-electron chi connectivity index (χ2n) is 14.8.